The second-order valence-corrected chi connectivity index (χ2v) is 7.62. The molecule has 0 N–H and O–H groups in total. The minimum absolute atomic E-state index is 0.0925. The molecule has 0 aliphatic carbocycles. The number of ether oxygens (including phenoxy) is 1. The fourth-order valence-electron chi connectivity index (χ4n) is 3.83. The summed E-state index contributed by atoms with van der Waals surface area (Å²) >= 11 is 0. The SMILES string of the molecule is Cc1cnc(C(=O)N2CC[C@]3(COCc4c(C)nc(N(C)C)nc43)C2)cn1. The lowest BCUT2D eigenvalue weighted by atomic mass is 9.80. The number of amides is 1. The molecular weight excluding hydrogens is 344 g/mol. The van der Waals surface area contributed by atoms with Crippen molar-refractivity contribution in [3.8, 4) is 0 Å². The minimum Gasteiger partial charge on any atom is -0.376 e. The van der Waals surface area contributed by atoms with Gasteiger partial charge in [0, 0.05) is 44.6 Å². The zero-order valence-electron chi connectivity index (χ0n) is 16.2. The Labute approximate surface area is 158 Å². The number of hydrogen-bond donors (Lipinski definition) is 0. The predicted octanol–water partition coefficient (Wildman–Crippen LogP) is 1.26. The first kappa shape index (κ1) is 17.8. The average Bonchev–Trinajstić information content (AvgIpc) is 3.07. The van der Waals surface area contributed by atoms with Gasteiger partial charge in [-0.25, -0.2) is 15.0 Å². The molecule has 0 unspecified atom stereocenters. The van der Waals surface area contributed by atoms with Crippen molar-refractivity contribution >= 4 is 11.9 Å². The molecule has 2 aliphatic rings. The lowest BCUT2D eigenvalue weighted by molar-refractivity contribution is 0.0479. The molecule has 142 valence electrons. The first-order valence-electron chi connectivity index (χ1n) is 9.11. The number of carbonyl (C=O) groups is 1. The van der Waals surface area contributed by atoms with E-state index in [1.807, 2.05) is 37.7 Å². The highest BCUT2D eigenvalue weighted by Gasteiger charge is 2.47. The summed E-state index contributed by atoms with van der Waals surface area (Å²) in [6, 6.07) is 0. The van der Waals surface area contributed by atoms with Crippen LogP contribution in [0.2, 0.25) is 0 Å². The molecule has 8 heteroatoms. The van der Waals surface area contributed by atoms with Gasteiger partial charge in [0.25, 0.3) is 5.91 Å². The van der Waals surface area contributed by atoms with Crippen molar-refractivity contribution in [3.05, 3.63) is 40.7 Å². The van der Waals surface area contributed by atoms with Crippen LogP contribution in [-0.2, 0) is 16.8 Å². The predicted molar refractivity (Wildman–Crippen MR) is 99.7 cm³/mol. The van der Waals surface area contributed by atoms with E-state index in [1.165, 1.54) is 0 Å². The number of aryl methyl sites for hydroxylation is 2. The summed E-state index contributed by atoms with van der Waals surface area (Å²) in [4.78, 5) is 34.5. The lowest BCUT2D eigenvalue weighted by Gasteiger charge is -2.35. The lowest BCUT2D eigenvalue weighted by Crippen LogP contribution is -2.42. The molecule has 2 aromatic heterocycles. The van der Waals surface area contributed by atoms with E-state index in [9.17, 15) is 4.79 Å². The largest absolute Gasteiger partial charge is 0.376 e. The molecule has 2 aliphatic heterocycles. The number of rotatable bonds is 2. The van der Waals surface area contributed by atoms with Gasteiger partial charge in [-0.3, -0.25) is 9.78 Å². The van der Waals surface area contributed by atoms with Gasteiger partial charge in [0.1, 0.15) is 5.69 Å². The van der Waals surface area contributed by atoms with Crippen molar-refractivity contribution < 1.29 is 9.53 Å². The van der Waals surface area contributed by atoms with Gasteiger partial charge in [-0.05, 0) is 20.3 Å². The number of anilines is 1. The highest BCUT2D eigenvalue weighted by Crippen LogP contribution is 2.40. The van der Waals surface area contributed by atoms with E-state index in [0.717, 1.165) is 29.1 Å². The van der Waals surface area contributed by atoms with E-state index in [-0.39, 0.29) is 11.3 Å². The Bertz CT molecular complexity index is 883. The van der Waals surface area contributed by atoms with Gasteiger partial charge in [0.05, 0.1) is 36.2 Å². The van der Waals surface area contributed by atoms with Gasteiger partial charge >= 0.3 is 0 Å². The normalized spacial score (nSPS) is 21.4. The molecule has 27 heavy (non-hydrogen) atoms. The zero-order chi connectivity index (χ0) is 19.2. The summed E-state index contributed by atoms with van der Waals surface area (Å²) in [5.74, 6) is 0.604. The van der Waals surface area contributed by atoms with Crippen molar-refractivity contribution in [1.82, 2.24) is 24.8 Å². The third-order valence-corrected chi connectivity index (χ3v) is 5.37. The third kappa shape index (κ3) is 3.03. The molecule has 4 rings (SSSR count). The number of hydrogen-bond acceptors (Lipinski definition) is 7. The van der Waals surface area contributed by atoms with Gasteiger partial charge < -0.3 is 14.5 Å². The second-order valence-electron chi connectivity index (χ2n) is 7.62. The average molecular weight is 368 g/mol. The molecule has 1 saturated heterocycles. The fraction of sp³-hybridized carbons (Fsp3) is 0.526. The molecule has 4 heterocycles. The first-order valence-corrected chi connectivity index (χ1v) is 9.11. The summed E-state index contributed by atoms with van der Waals surface area (Å²) in [7, 11) is 3.88. The van der Waals surface area contributed by atoms with E-state index in [1.54, 1.807) is 12.4 Å². The molecule has 0 bridgehead atoms. The molecule has 1 fully saturated rings. The number of nitrogens with zero attached hydrogens (tertiary/aromatic N) is 6. The monoisotopic (exact) mass is 368 g/mol. The van der Waals surface area contributed by atoms with Crippen LogP contribution in [0.15, 0.2) is 12.4 Å². The Kier molecular flexibility index (Phi) is 4.30. The Balaban J connectivity index is 1.66. The highest BCUT2D eigenvalue weighted by molar-refractivity contribution is 5.92. The van der Waals surface area contributed by atoms with Gasteiger partial charge in [-0.15, -0.1) is 0 Å². The van der Waals surface area contributed by atoms with Crippen molar-refractivity contribution in [2.75, 3.05) is 38.7 Å². The summed E-state index contributed by atoms with van der Waals surface area (Å²) in [6.45, 7) is 6.15. The molecule has 0 radical (unpaired) electrons. The highest BCUT2D eigenvalue weighted by atomic mass is 16.5. The standard InChI is InChI=1S/C19H24N6O2/c1-12-7-21-15(8-20-12)17(26)25-6-5-19(10-25)11-27-9-14-13(2)22-18(24(3)4)23-16(14)19/h7-8H,5-6,9-11H2,1-4H3/t19-/m1/s1. The van der Waals surface area contributed by atoms with Crippen LogP contribution in [0, 0.1) is 13.8 Å². The van der Waals surface area contributed by atoms with Crippen LogP contribution in [0.25, 0.3) is 0 Å². The Morgan fingerprint density at radius 2 is 2.04 bits per heavy atom. The first-order chi connectivity index (χ1) is 12.9. The van der Waals surface area contributed by atoms with Crippen molar-refractivity contribution in [1.29, 1.82) is 0 Å². The molecule has 1 spiro atoms. The quantitative estimate of drug-likeness (QED) is 0.789. The van der Waals surface area contributed by atoms with Crippen LogP contribution in [0.4, 0.5) is 5.95 Å². The Morgan fingerprint density at radius 1 is 1.22 bits per heavy atom. The van der Waals surface area contributed by atoms with Crippen LogP contribution < -0.4 is 4.90 Å². The van der Waals surface area contributed by atoms with E-state index in [2.05, 4.69) is 15.0 Å². The second kappa shape index (κ2) is 6.53. The molecular formula is C19H24N6O2. The molecule has 0 aromatic carbocycles. The molecule has 1 amide bonds. The Hall–Kier alpha value is -2.61. The summed E-state index contributed by atoms with van der Waals surface area (Å²) < 4.78 is 5.90. The van der Waals surface area contributed by atoms with E-state index in [4.69, 9.17) is 9.72 Å². The van der Waals surface area contributed by atoms with Gasteiger partial charge in [-0.1, -0.05) is 0 Å². The molecule has 2 aromatic rings. The maximum Gasteiger partial charge on any atom is 0.274 e. The fourth-order valence-corrected chi connectivity index (χ4v) is 3.83. The summed E-state index contributed by atoms with van der Waals surface area (Å²) in [5.41, 5.74) is 3.90. The Morgan fingerprint density at radius 3 is 2.74 bits per heavy atom. The van der Waals surface area contributed by atoms with Crippen molar-refractivity contribution in [2.45, 2.75) is 32.3 Å². The third-order valence-electron chi connectivity index (χ3n) is 5.37. The van der Waals surface area contributed by atoms with E-state index >= 15 is 0 Å². The minimum atomic E-state index is -0.292. The summed E-state index contributed by atoms with van der Waals surface area (Å²) in [6.07, 6.45) is 3.98. The van der Waals surface area contributed by atoms with Gasteiger partial charge in [0.15, 0.2) is 0 Å². The van der Waals surface area contributed by atoms with Crippen LogP contribution in [0.3, 0.4) is 0 Å². The van der Waals surface area contributed by atoms with Crippen LogP contribution in [0.5, 0.6) is 0 Å². The number of likely N-dealkylation sites (tertiary alicyclic amines) is 1. The van der Waals surface area contributed by atoms with E-state index < -0.39 is 0 Å². The number of fused-ring (bicyclic) bond motifs is 2. The van der Waals surface area contributed by atoms with Gasteiger partial charge in [-0.2, -0.15) is 0 Å². The van der Waals surface area contributed by atoms with Crippen LogP contribution in [-0.4, -0.2) is 64.5 Å². The van der Waals surface area contributed by atoms with Crippen LogP contribution in [0.1, 0.15) is 39.6 Å². The molecule has 1 atom stereocenters. The topological polar surface area (TPSA) is 84.3 Å². The molecule has 0 saturated carbocycles. The van der Waals surface area contributed by atoms with E-state index in [0.29, 0.717) is 37.9 Å². The number of aromatic nitrogens is 4. The zero-order valence-corrected chi connectivity index (χ0v) is 16.2. The smallest absolute Gasteiger partial charge is 0.274 e. The van der Waals surface area contributed by atoms with Crippen molar-refractivity contribution in [2.24, 2.45) is 0 Å². The van der Waals surface area contributed by atoms with Crippen molar-refractivity contribution in [3.63, 3.8) is 0 Å². The number of carbonyl (C=O) groups excluding carboxylic acids is 1. The van der Waals surface area contributed by atoms with Crippen LogP contribution >= 0.6 is 0 Å². The maximum absolute atomic E-state index is 12.9. The maximum atomic E-state index is 12.9. The summed E-state index contributed by atoms with van der Waals surface area (Å²) in [5, 5.41) is 0. The molecule has 8 nitrogen and oxygen atoms in total. The van der Waals surface area contributed by atoms with Gasteiger partial charge in [0.2, 0.25) is 5.95 Å².